The van der Waals surface area contributed by atoms with Crippen LogP contribution in [-0.2, 0) is 21.8 Å². The fraction of sp³-hybridized carbons (Fsp3) is 0.800. The highest BCUT2D eigenvalue weighted by Gasteiger charge is 2.27. The van der Waals surface area contributed by atoms with Gasteiger partial charge in [0.1, 0.15) is 5.69 Å². The van der Waals surface area contributed by atoms with E-state index in [2.05, 4.69) is 15.0 Å². The summed E-state index contributed by atoms with van der Waals surface area (Å²) in [5.41, 5.74) is -0.557. The van der Waals surface area contributed by atoms with E-state index in [1.807, 2.05) is 0 Å². The molecule has 7 nitrogen and oxygen atoms in total. The van der Waals surface area contributed by atoms with Gasteiger partial charge in [0, 0.05) is 13.7 Å². The summed E-state index contributed by atoms with van der Waals surface area (Å²) in [5.74, 6) is -0.704. The summed E-state index contributed by atoms with van der Waals surface area (Å²) in [6.07, 6.45) is -0.827. The van der Waals surface area contributed by atoms with Crippen molar-refractivity contribution in [1.82, 2.24) is 15.0 Å². The molecule has 0 aromatic carbocycles. The van der Waals surface area contributed by atoms with Crippen LogP contribution in [0.5, 0.6) is 0 Å². The molecule has 0 radical (unpaired) electrons. The van der Waals surface area contributed by atoms with E-state index in [1.165, 1.54) is 7.05 Å². The van der Waals surface area contributed by atoms with Gasteiger partial charge in [0.25, 0.3) is 6.43 Å². The molecular formula is C10H16F2N4O3S. The van der Waals surface area contributed by atoms with Gasteiger partial charge in [0.2, 0.25) is 10.0 Å². The Morgan fingerprint density at radius 1 is 1.50 bits per heavy atom. The Kier molecular flexibility index (Phi) is 4.53. The number of nitrogens with one attached hydrogen (secondary N) is 1. The molecule has 1 unspecified atom stereocenters. The van der Waals surface area contributed by atoms with Crippen molar-refractivity contribution in [2.75, 3.05) is 17.1 Å². The number of hydrogen-bond acceptors (Lipinski definition) is 5. The zero-order chi connectivity index (χ0) is 14.8. The van der Waals surface area contributed by atoms with E-state index in [0.29, 0.717) is 13.0 Å². The molecule has 2 rings (SSSR count). The van der Waals surface area contributed by atoms with Gasteiger partial charge in [-0.1, -0.05) is 5.21 Å². The van der Waals surface area contributed by atoms with Gasteiger partial charge in [-0.25, -0.2) is 21.9 Å². The van der Waals surface area contributed by atoms with E-state index < -0.39 is 34.1 Å². The maximum absolute atomic E-state index is 12.8. The van der Waals surface area contributed by atoms with Crippen molar-refractivity contribution >= 4 is 15.8 Å². The fourth-order valence-electron chi connectivity index (χ4n) is 2.05. The van der Waals surface area contributed by atoms with Gasteiger partial charge in [-0.2, -0.15) is 0 Å². The first-order chi connectivity index (χ1) is 9.39. The molecule has 114 valence electrons. The Morgan fingerprint density at radius 2 is 2.25 bits per heavy atom. The minimum Gasteiger partial charge on any atom is -0.377 e. The molecular weight excluding hydrogens is 294 g/mol. The summed E-state index contributed by atoms with van der Waals surface area (Å²) in [7, 11) is -2.53. The van der Waals surface area contributed by atoms with Crippen molar-refractivity contribution in [3.05, 3.63) is 5.69 Å². The van der Waals surface area contributed by atoms with Gasteiger partial charge < -0.3 is 4.74 Å². The van der Waals surface area contributed by atoms with Gasteiger partial charge in [-0.3, -0.25) is 4.72 Å². The largest absolute Gasteiger partial charge is 0.377 e. The van der Waals surface area contributed by atoms with Crippen LogP contribution in [0.25, 0.3) is 0 Å². The van der Waals surface area contributed by atoms with Crippen LogP contribution in [0.4, 0.5) is 14.6 Å². The number of ether oxygens (including phenoxy) is 1. The Hall–Kier alpha value is -1.29. The first kappa shape index (κ1) is 15.1. The first-order valence-electron chi connectivity index (χ1n) is 6.19. The van der Waals surface area contributed by atoms with Gasteiger partial charge >= 0.3 is 0 Å². The molecule has 1 aromatic heterocycles. The van der Waals surface area contributed by atoms with E-state index in [-0.39, 0.29) is 5.75 Å². The number of rotatable bonds is 5. The van der Waals surface area contributed by atoms with Gasteiger partial charge in [0.05, 0.1) is 11.9 Å². The number of aromatic nitrogens is 3. The number of nitrogens with zero attached hydrogens (tertiary/aromatic N) is 3. The van der Waals surface area contributed by atoms with Crippen LogP contribution in [0.15, 0.2) is 0 Å². The zero-order valence-corrected chi connectivity index (χ0v) is 11.7. The van der Waals surface area contributed by atoms with Gasteiger partial charge in [-0.15, -0.1) is 5.10 Å². The van der Waals surface area contributed by atoms with Crippen molar-refractivity contribution in [3.8, 4) is 0 Å². The van der Waals surface area contributed by atoms with Crippen LogP contribution in [0, 0.1) is 0 Å². The Labute approximate surface area is 115 Å². The molecule has 0 saturated carbocycles. The molecule has 20 heavy (non-hydrogen) atoms. The fourth-order valence-corrected chi connectivity index (χ4v) is 3.33. The summed E-state index contributed by atoms with van der Waals surface area (Å²) in [6, 6.07) is 0. The normalized spacial score (nSPS) is 20.3. The SMILES string of the molecule is Cn1nnc(NS(=O)(=O)CC2CCCCO2)c1C(F)F. The molecule has 1 aliphatic heterocycles. The highest BCUT2D eigenvalue weighted by molar-refractivity contribution is 7.92. The molecule has 0 bridgehead atoms. The highest BCUT2D eigenvalue weighted by Crippen LogP contribution is 2.25. The topological polar surface area (TPSA) is 86.1 Å². The average Bonchev–Trinajstić information content (AvgIpc) is 2.70. The summed E-state index contributed by atoms with van der Waals surface area (Å²) in [4.78, 5) is 0. The van der Waals surface area contributed by atoms with Crippen LogP contribution in [0.1, 0.15) is 31.4 Å². The third-order valence-corrected chi connectivity index (χ3v) is 4.32. The number of anilines is 1. The summed E-state index contributed by atoms with van der Waals surface area (Å²) in [5, 5.41) is 6.81. The maximum atomic E-state index is 12.8. The maximum Gasteiger partial charge on any atom is 0.283 e. The first-order valence-corrected chi connectivity index (χ1v) is 7.84. The third kappa shape index (κ3) is 3.63. The van der Waals surface area contributed by atoms with Crippen LogP contribution in [-0.4, -0.2) is 41.9 Å². The molecule has 1 fully saturated rings. The number of aryl methyl sites for hydroxylation is 1. The number of halogens is 2. The second-order valence-electron chi connectivity index (χ2n) is 4.62. The van der Waals surface area contributed by atoms with Crippen molar-refractivity contribution < 1.29 is 21.9 Å². The minimum atomic E-state index is -3.80. The number of sulfonamides is 1. The molecule has 0 aliphatic carbocycles. The molecule has 10 heteroatoms. The molecule has 1 saturated heterocycles. The molecule has 0 spiro atoms. The van der Waals surface area contributed by atoms with E-state index in [4.69, 9.17) is 4.74 Å². The summed E-state index contributed by atoms with van der Waals surface area (Å²) in [6.45, 7) is 0.521. The van der Waals surface area contributed by atoms with E-state index in [1.54, 1.807) is 0 Å². The van der Waals surface area contributed by atoms with Gasteiger partial charge in [-0.05, 0) is 19.3 Å². The van der Waals surface area contributed by atoms with E-state index in [0.717, 1.165) is 17.5 Å². The van der Waals surface area contributed by atoms with Crippen LogP contribution in [0.2, 0.25) is 0 Å². The quantitative estimate of drug-likeness (QED) is 0.879. The molecule has 1 N–H and O–H groups in total. The Balaban J connectivity index is 2.08. The molecule has 1 aliphatic rings. The van der Waals surface area contributed by atoms with Crippen molar-refractivity contribution in [2.24, 2.45) is 7.05 Å². The lowest BCUT2D eigenvalue weighted by Gasteiger charge is -2.22. The lowest BCUT2D eigenvalue weighted by molar-refractivity contribution is 0.0306. The second kappa shape index (κ2) is 6.00. The van der Waals surface area contributed by atoms with Crippen LogP contribution in [0.3, 0.4) is 0 Å². The van der Waals surface area contributed by atoms with Crippen molar-refractivity contribution in [2.45, 2.75) is 31.8 Å². The average molecular weight is 310 g/mol. The summed E-state index contributed by atoms with van der Waals surface area (Å²) >= 11 is 0. The Bertz CT molecular complexity index is 555. The second-order valence-corrected chi connectivity index (χ2v) is 6.39. The van der Waals surface area contributed by atoms with Crippen molar-refractivity contribution in [3.63, 3.8) is 0 Å². The number of alkyl halides is 2. The lowest BCUT2D eigenvalue weighted by atomic mass is 10.1. The molecule has 0 amide bonds. The molecule has 1 aromatic rings. The molecule has 2 heterocycles. The van der Waals surface area contributed by atoms with Crippen LogP contribution >= 0.6 is 0 Å². The minimum absolute atomic E-state index is 0.272. The van der Waals surface area contributed by atoms with Gasteiger partial charge in [0.15, 0.2) is 5.82 Å². The van der Waals surface area contributed by atoms with E-state index in [9.17, 15) is 17.2 Å². The molecule has 1 atom stereocenters. The zero-order valence-electron chi connectivity index (χ0n) is 10.9. The van der Waals surface area contributed by atoms with E-state index >= 15 is 0 Å². The van der Waals surface area contributed by atoms with Crippen molar-refractivity contribution in [1.29, 1.82) is 0 Å². The lowest BCUT2D eigenvalue weighted by Crippen LogP contribution is -2.31. The third-order valence-electron chi connectivity index (χ3n) is 3.01. The highest BCUT2D eigenvalue weighted by atomic mass is 32.2. The monoisotopic (exact) mass is 310 g/mol. The standard InChI is InChI=1S/C10H16F2N4O3S/c1-16-8(9(11)12)10(13-15-16)14-20(17,18)6-7-4-2-3-5-19-7/h7,9,14H,2-6H2,1H3. The Morgan fingerprint density at radius 3 is 2.85 bits per heavy atom. The predicted molar refractivity (Wildman–Crippen MR) is 67.0 cm³/mol. The predicted octanol–water partition coefficient (Wildman–Crippen LogP) is 1.06. The number of hydrogen-bond donors (Lipinski definition) is 1. The van der Waals surface area contributed by atoms with Crippen LogP contribution < -0.4 is 4.72 Å². The summed E-state index contributed by atoms with van der Waals surface area (Å²) < 4.78 is 57.7. The smallest absolute Gasteiger partial charge is 0.283 e.